The summed E-state index contributed by atoms with van der Waals surface area (Å²) < 4.78 is 0. The number of primary amides is 1. The standard InChI is InChI=1S/C8H9N2O/c9-8(11)10-6-7-4-2-1-3-5-7/h1-6H,(H3,9,10,11). The van der Waals surface area contributed by atoms with Crippen LogP contribution in [0.2, 0.25) is 0 Å². The van der Waals surface area contributed by atoms with E-state index >= 15 is 0 Å². The molecule has 1 aromatic rings. The van der Waals surface area contributed by atoms with E-state index in [0.29, 0.717) is 0 Å². The summed E-state index contributed by atoms with van der Waals surface area (Å²) in [6.07, 6.45) is 0. The second-order valence-corrected chi connectivity index (χ2v) is 2.06. The van der Waals surface area contributed by atoms with Crippen molar-refractivity contribution in [2.75, 3.05) is 0 Å². The Labute approximate surface area is 65.2 Å². The van der Waals surface area contributed by atoms with E-state index in [2.05, 4.69) is 5.32 Å². The van der Waals surface area contributed by atoms with Gasteiger partial charge in [0.05, 0.1) is 6.54 Å². The number of nitrogens with one attached hydrogen (secondary N) is 1. The molecule has 0 spiro atoms. The van der Waals surface area contributed by atoms with E-state index in [9.17, 15) is 4.79 Å². The van der Waals surface area contributed by atoms with Gasteiger partial charge in [0.15, 0.2) is 0 Å². The zero-order chi connectivity index (χ0) is 8.10. The summed E-state index contributed by atoms with van der Waals surface area (Å²) in [5.74, 6) is 0. The highest BCUT2D eigenvalue weighted by molar-refractivity contribution is 5.72. The quantitative estimate of drug-likeness (QED) is 0.644. The van der Waals surface area contributed by atoms with Crippen molar-refractivity contribution in [3.05, 3.63) is 42.4 Å². The monoisotopic (exact) mass is 149 g/mol. The first-order valence-electron chi connectivity index (χ1n) is 3.23. The molecule has 3 nitrogen and oxygen atoms in total. The van der Waals surface area contributed by atoms with Crippen molar-refractivity contribution in [2.24, 2.45) is 5.73 Å². The number of nitrogens with two attached hydrogens (primary N) is 1. The normalized spacial score (nSPS) is 9.09. The predicted molar refractivity (Wildman–Crippen MR) is 42.6 cm³/mol. The third-order valence-corrected chi connectivity index (χ3v) is 1.18. The fraction of sp³-hybridized carbons (Fsp3) is 0. The topological polar surface area (TPSA) is 55.1 Å². The number of amides is 2. The van der Waals surface area contributed by atoms with E-state index in [-0.39, 0.29) is 0 Å². The van der Waals surface area contributed by atoms with Crippen LogP contribution in [0, 0.1) is 6.54 Å². The van der Waals surface area contributed by atoms with Crippen LogP contribution in [0.1, 0.15) is 5.56 Å². The highest BCUT2D eigenvalue weighted by atomic mass is 16.2. The Kier molecular flexibility index (Phi) is 2.49. The maximum absolute atomic E-state index is 10.3. The largest absolute Gasteiger partial charge is 0.352 e. The van der Waals surface area contributed by atoms with Gasteiger partial charge in [-0.3, -0.25) is 0 Å². The van der Waals surface area contributed by atoms with Crippen LogP contribution < -0.4 is 11.1 Å². The van der Waals surface area contributed by atoms with Crippen molar-refractivity contribution in [1.82, 2.24) is 5.32 Å². The van der Waals surface area contributed by atoms with Gasteiger partial charge in [0, 0.05) is 0 Å². The molecular formula is C8H9N2O. The lowest BCUT2D eigenvalue weighted by atomic mass is 10.2. The molecule has 0 aliphatic rings. The van der Waals surface area contributed by atoms with Crippen molar-refractivity contribution in [3.8, 4) is 0 Å². The van der Waals surface area contributed by atoms with E-state index in [1.807, 2.05) is 30.3 Å². The third-order valence-electron chi connectivity index (χ3n) is 1.18. The minimum atomic E-state index is -0.547. The van der Waals surface area contributed by atoms with Crippen molar-refractivity contribution in [3.63, 3.8) is 0 Å². The van der Waals surface area contributed by atoms with E-state index in [1.54, 1.807) is 6.54 Å². The highest BCUT2D eigenvalue weighted by Crippen LogP contribution is 1.97. The molecule has 0 saturated heterocycles. The van der Waals surface area contributed by atoms with Crippen LogP contribution in [0.5, 0.6) is 0 Å². The molecule has 2 amide bonds. The molecule has 0 saturated carbocycles. The molecule has 0 bridgehead atoms. The fourth-order valence-corrected chi connectivity index (χ4v) is 0.704. The molecule has 3 N–H and O–H groups in total. The van der Waals surface area contributed by atoms with Crippen molar-refractivity contribution >= 4 is 6.03 Å². The van der Waals surface area contributed by atoms with Gasteiger partial charge in [-0.1, -0.05) is 30.3 Å². The lowest BCUT2D eigenvalue weighted by Gasteiger charge is -1.98. The summed E-state index contributed by atoms with van der Waals surface area (Å²) in [5, 5.41) is 2.38. The molecule has 57 valence electrons. The highest BCUT2D eigenvalue weighted by Gasteiger charge is 1.92. The number of hydrogen-bond donors (Lipinski definition) is 2. The Morgan fingerprint density at radius 3 is 2.55 bits per heavy atom. The first-order chi connectivity index (χ1) is 5.29. The van der Waals surface area contributed by atoms with Crippen LogP contribution in [0.3, 0.4) is 0 Å². The van der Waals surface area contributed by atoms with Crippen LogP contribution >= 0.6 is 0 Å². The van der Waals surface area contributed by atoms with E-state index in [0.717, 1.165) is 5.56 Å². The number of rotatable bonds is 2. The lowest BCUT2D eigenvalue weighted by Crippen LogP contribution is -2.27. The van der Waals surface area contributed by atoms with Gasteiger partial charge < -0.3 is 11.1 Å². The van der Waals surface area contributed by atoms with Crippen molar-refractivity contribution < 1.29 is 4.79 Å². The van der Waals surface area contributed by atoms with E-state index in [4.69, 9.17) is 5.73 Å². The summed E-state index contributed by atoms with van der Waals surface area (Å²) in [6, 6.07) is 8.87. The molecule has 3 heteroatoms. The Morgan fingerprint density at radius 1 is 1.36 bits per heavy atom. The van der Waals surface area contributed by atoms with Gasteiger partial charge in [0.1, 0.15) is 0 Å². The lowest BCUT2D eigenvalue weighted by molar-refractivity contribution is 0.251. The fourth-order valence-electron chi connectivity index (χ4n) is 0.704. The molecule has 0 aliphatic carbocycles. The SMILES string of the molecule is NC(=O)N[CH]c1ccccc1. The molecule has 1 radical (unpaired) electrons. The molecule has 0 aliphatic heterocycles. The van der Waals surface area contributed by atoms with Gasteiger partial charge in [0.2, 0.25) is 0 Å². The molecule has 0 aromatic heterocycles. The number of urea groups is 1. The first-order valence-corrected chi connectivity index (χ1v) is 3.23. The van der Waals surface area contributed by atoms with Crippen LogP contribution in [0.15, 0.2) is 30.3 Å². The van der Waals surface area contributed by atoms with Crippen LogP contribution in [-0.4, -0.2) is 6.03 Å². The number of benzene rings is 1. The summed E-state index contributed by atoms with van der Waals surface area (Å²) in [5.41, 5.74) is 5.78. The van der Waals surface area contributed by atoms with E-state index < -0.39 is 6.03 Å². The van der Waals surface area contributed by atoms with E-state index in [1.165, 1.54) is 0 Å². The number of carbonyl (C=O) groups is 1. The number of carbonyl (C=O) groups excluding carboxylic acids is 1. The van der Waals surface area contributed by atoms with Gasteiger partial charge in [-0.15, -0.1) is 0 Å². The molecule has 0 unspecified atom stereocenters. The molecule has 0 fully saturated rings. The maximum atomic E-state index is 10.3. The summed E-state index contributed by atoms with van der Waals surface area (Å²) in [4.78, 5) is 10.3. The molecular weight excluding hydrogens is 140 g/mol. The predicted octanol–water partition coefficient (Wildman–Crippen LogP) is 0.865. The van der Waals surface area contributed by atoms with Gasteiger partial charge in [-0.05, 0) is 5.56 Å². The van der Waals surface area contributed by atoms with Crippen LogP contribution in [0.25, 0.3) is 0 Å². The minimum absolute atomic E-state index is 0.547. The van der Waals surface area contributed by atoms with Crippen molar-refractivity contribution in [1.29, 1.82) is 0 Å². The van der Waals surface area contributed by atoms with Gasteiger partial charge in [-0.2, -0.15) is 0 Å². The Hall–Kier alpha value is -1.51. The van der Waals surface area contributed by atoms with Crippen LogP contribution in [-0.2, 0) is 0 Å². The van der Waals surface area contributed by atoms with Gasteiger partial charge in [-0.25, -0.2) is 4.79 Å². The second-order valence-electron chi connectivity index (χ2n) is 2.06. The number of hydrogen-bond acceptors (Lipinski definition) is 1. The Balaban J connectivity index is 2.45. The average molecular weight is 149 g/mol. The molecule has 11 heavy (non-hydrogen) atoms. The van der Waals surface area contributed by atoms with Crippen molar-refractivity contribution in [2.45, 2.75) is 0 Å². The summed E-state index contributed by atoms with van der Waals surface area (Å²) in [7, 11) is 0. The second kappa shape index (κ2) is 3.61. The Morgan fingerprint density at radius 2 is 2.00 bits per heavy atom. The summed E-state index contributed by atoms with van der Waals surface area (Å²) in [6.45, 7) is 1.56. The molecule has 1 aromatic carbocycles. The zero-order valence-corrected chi connectivity index (χ0v) is 5.95. The average Bonchev–Trinajstić information content (AvgIpc) is 2.03. The first kappa shape index (κ1) is 7.60. The maximum Gasteiger partial charge on any atom is 0.312 e. The molecule has 0 atom stereocenters. The van der Waals surface area contributed by atoms with Gasteiger partial charge in [0.25, 0.3) is 0 Å². The Bertz CT molecular complexity index is 233. The zero-order valence-electron chi connectivity index (χ0n) is 5.95. The summed E-state index contributed by atoms with van der Waals surface area (Å²) >= 11 is 0. The smallest absolute Gasteiger partial charge is 0.312 e. The minimum Gasteiger partial charge on any atom is -0.352 e. The van der Waals surface area contributed by atoms with Crippen LogP contribution in [0.4, 0.5) is 4.79 Å². The molecule has 0 heterocycles. The third kappa shape index (κ3) is 2.71. The molecule has 1 rings (SSSR count). The van der Waals surface area contributed by atoms with Gasteiger partial charge >= 0.3 is 6.03 Å².